The van der Waals surface area contributed by atoms with Gasteiger partial charge in [0.25, 0.3) is 0 Å². The Morgan fingerprint density at radius 1 is 1.24 bits per heavy atom. The Morgan fingerprint density at radius 2 is 1.94 bits per heavy atom. The lowest BCUT2D eigenvalue weighted by molar-refractivity contribution is 0.414. The minimum atomic E-state index is 0.851. The van der Waals surface area contributed by atoms with E-state index in [1.807, 2.05) is 35.8 Å². The summed E-state index contributed by atoms with van der Waals surface area (Å²) in [5, 5.41) is 9.21. The number of methoxy groups -OCH3 is 1. The Morgan fingerprint density at radius 3 is 2.53 bits per heavy atom. The van der Waals surface area contributed by atoms with Crippen LogP contribution < -0.4 is 4.74 Å². The van der Waals surface area contributed by atoms with E-state index in [1.165, 1.54) is 0 Å². The summed E-state index contributed by atoms with van der Waals surface area (Å²) in [5.41, 5.74) is 1.06. The van der Waals surface area contributed by atoms with Crippen LogP contribution in [0.2, 0.25) is 0 Å². The lowest BCUT2D eigenvalue weighted by Crippen LogP contribution is -1.99. The molecule has 0 aliphatic rings. The molecule has 0 unspecified atom stereocenters. The Hall–Kier alpha value is -1.49. The van der Waals surface area contributed by atoms with Crippen molar-refractivity contribution in [2.75, 3.05) is 12.9 Å². The van der Waals surface area contributed by atoms with E-state index in [2.05, 4.69) is 17.1 Å². The van der Waals surface area contributed by atoms with Crippen LogP contribution in [0.15, 0.2) is 29.4 Å². The predicted molar refractivity (Wildman–Crippen MR) is 69.0 cm³/mol. The van der Waals surface area contributed by atoms with Crippen LogP contribution in [0, 0.1) is 6.92 Å². The van der Waals surface area contributed by atoms with Gasteiger partial charge in [-0.05, 0) is 36.9 Å². The number of rotatable bonds is 4. The van der Waals surface area contributed by atoms with Gasteiger partial charge >= 0.3 is 0 Å². The summed E-state index contributed by atoms with van der Waals surface area (Å²) >= 11 is 1.69. The third kappa shape index (κ3) is 2.44. The van der Waals surface area contributed by atoms with Crippen molar-refractivity contribution in [1.29, 1.82) is 0 Å². The summed E-state index contributed by atoms with van der Waals surface area (Å²) in [5.74, 6) is 2.73. The Bertz CT molecular complexity index is 493. The van der Waals surface area contributed by atoms with Crippen molar-refractivity contribution in [3.63, 3.8) is 0 Å². The molecular formula is C12H15N3OS. The van der Waals surface area contributed by atoms with Crippen LogP contribution in [0.25, 0.3) is 5.69 Å². The van der Waals surface area contributed by atoms with Gasteiger partial charge in [0.1, 0.15) is 11.6 Å². The maximum absolute atomic E-state index is 5.15. The quantitative estimate of drug-likeness (QED) is 0.781. The summed E-state index contributed by atoms with van der Waals surface area (Å²) in [6.45, 7) is 4.06. The second kappa shape index (κ2) is 5.23. The molecule has 0 aliphatic heterocycles. The van der Waals surface area contributed by atoms with Crippen molar-refractivity contribution >= 4 is 11.8 Å². The van der Waals surface area contributed by atoms with Crippen molar-refractivity contribution < 1.29 is 4.74 Å². The first-order valence-electron chi connectivity index (χ1n) is 5.45. The zero-order chi connectivity index (χ0) is 12.3. The minimum Gasteiger partial charge on any atom is -0.497 e. The smallest absolute Gasteiger partial charge is 0.195 e. The van der Waals surface area contributed by atoms with Gasteiger partial charge in [0.2, 0.25) is 0 Å². The van der Waals surface area contributed by atoms with Gasteiger partial charge in [0, 0.05) is 5.69 Å². The van der Waals surface area contributed by atoms with Crippen molar-refractivity contribution in [3.05, 3.63) is 30.1 Å². The van der Waals surface area contributed by atoms with Crippen LogP contribution in [0.3, 0.4) is 0 Å². The number of thioether (sulfide) groups is 1. The summed E-state index contributed by atoms with van der Waals surface area (Å²) in [4.78, 5) is 0. The first-order valence-corrected chi connectivity index (χ1v) is 6.44. The summed E-state index contributed by atoms with van der Waals surface area (Å²) < 4.78 is 7.20. The van der Waals surface area contributed by atoms with Crippen molar-refractivity contribution in [2.24, 2.45) is 0 Å². The van der Waals surface area contributed by atoms with Crippen molar-refractivity contribution in [1.82, 2.24) is 14.8 Å². The van der Waals surface area contributed by atoms with E-state index in [1.54, 1.807) is 18.9 Å². The average molecular weight is 249 g/mol. The van der Waals surface area contributed by atoms with E-state index in [-0.39, 0.29) is 0 Å². The van der Waals surface area contributed by atoms with E-state index in [4.69, 9.17) is 4.74 Å². The molecule has 0 saturated carbocycles. The molecule has 0 saturated heterocycles. The fraction of sp³-hybridized carbons (Fsp3) is 0.333. The normalized spacial score (nSPS) is 10.5. The highest BCUT2D eigenvalue weighted by Gasteiger charge is 2.10. The molecule has 2 rings (SSSR count). The van der Waals surface area contributed by atoms with Gasteiger partial charge in [-0.25, -0.2) is 0 Å². The molecule has 0 aliphatic carbocycles. The predicted octanol–water partition coefficient (Wildman–Crippen LogP) is 2.70. The zero-order valence-corrected chi connectivity index (χ0v) is 11.0. The van der Waals surface area contributed by atoms with Crippen LogP contribution in [0.4, 0.5) is 0 Å². The minimum absolute atomic E-state index is 0.851. The molecule has 90 valence electrons. The number of aromatic nitrogens is 3. The molecular weight excluding hydrogens is 234 g/mol. The van der Waals surface area contributed by atoms with Gasteiger partial charge in [-0.2, -0.15) is 0 Å². The van der Waals surface area contributed by atoms with Gasteiger partial charge < -0.3 is 4.74 Å². The van der Waals surface area contributed by atoms with Crippen LogP contribution in [0.1, 0.15) is 12.7 Å². The molecule has 17 heavy (non-hydrogen) atoms. The average Bonchev–Trinajstić information content (AvgIpc) is 2.71. The van der Waals surface area contributed by atoms with Crippen LogP contribution in [0.5, 0.6) is 5.75 Å². The van der Waals surface area contributed by atoms with E-state index < -0.39 is 0 Å². The van der Waals surface area contributed by atoms with E-state index in [0.29, 0.717) is 0 Å². The van der Waals surface area contributed by atoms with Gasteiger partial charge in [0.15, 0.2) is 5.16 Å². The van der Waals surface area contributed by atoms with Crippen molar-refractivity contribution in [3.8, 4) is 11.4 Å². The summed E-state index contributed by atoms with van der Waals surface area (Å²) in [6.07, 6.45) is 0. The molecule has 1 aromatic heterocycles. The highest BCUT2D eigenvalue weighted by atomic mass is 32.2. The molecule has 0 radical (unpaired) electrons. The monoisotopic (exact) mass is 249 g/mol. The highest BCUT2D eigenvalue weighted by molar-refractivity contribution is 7.99. The van der Waals surface area contributed by atoms with Crippen LogP contribution in [-0.2, 0) is 0 Å². The van der Waals surface area contributed by atoms with Gasteiger partial charge in [-0.1, -0.05) is 18.7 Å². The first kappa shape index (κ1) is 12.0. The number of nitrogens with zero attached hydrogens (tertiary/aromatic N) is 3. The lowest BCUT2D eigenvalue weighted by atomic mass is 10.3. The lowest BCUT2D eigenvalue weighted by Gasteiger charge is -2.08. The maximum atomic E-state index is 5.15. The number of hydrogen-bond donors (Lipinski definition) is 0. The zero-order valence-electron chi connectivity index (χ0n) is 10.2. The number of aryl methyl sites for hydroxylation is 1. The number of ether oxygens (including phenoxy) is 1. The third-order valence-corrected chi connectivity index (χ3v) is 3.21. The number of hydrogen-bond acceptors (Lipinski definition) is 4. The number of benzene rings is 1. The fourth-order valence-corrected chi connectivity index (χ4v) is 2.32. The Kier molecular flexibility index (Phi) is 3.68. The highest BCUT2D eigenvalue weighted by Crippen LogP contribution is 2.22. The molecule has 5 heteroatoms. The fourth-order valence-electron chi connectivity index (χ4n) is 1.59. The molecule has 1 aromatic carbocycles. The first-order chi connectivity index (χ1) is 8.26. The van der Waals surface area contributed by atoms with Gasteiger partial charge in [-0.15, -0.1) is 10.2 Å². The molecule has 0 atom stereocenters. The molecule has 0 amide bonds. The topological polar surface area (TPSA) is 39.9 Å². The SMILES string of the molecule is CCSc1nnc(C)n1-c1ccc(OC)cc1. The Labute approximate surface area is 105 Å². The van der Waals surface area contributed by atoms with E-state index in [9.17, 15) is 0 Å². The van der Waals surface area contributed by atoms with E-state index in [0.717, 1.165) is 28.2 Å². The molecule has 2 aromatic rings. The van der Waals surface area contributed by atoms with Crippen LogP contribution in [-0.4, -0.2) is 27.6 Å². The third-order valence-electron chi connectivity index (χ3n) is 2.40. The maximum Gasteiger partial charge on any atom is 0.195 e. The molecule has 1 heterocycles. The van der Waals surface area contributed by atoms with Crippen LogP contribution >= 0.6 is 11.8 Å². The molecule has 0 N–H and O–H groups in total. The molecule has 0 spiro atoms. The van der Waals surface area contributed by atoms with E-state index >= 15 is 0 Å². The second-order valence-electron chi connectivity index (χ2n) is 3.50. The summed E-state index contributed by atoms with van der Waals surface area (Å²) in [6, 6.07) is 7.90. The summed E-state index contributed by atoms with van der Waals surface area (Å²) in [7, 11) is 1.66. The van der Waals surface area contributed by atoms with Gasteiger partial charge in [0.05, 0.1) is 7.11 Å². The van der Waals surface area contributed by atoms with Crippen molar-refractivity contribution in [2.45, 2.75) is 19.0 Å². The van der Waals surface area contributed by atoms with Gasteiger partial charge in [-0.3, -0.25) is 4.57 Å². The molecule has 4 nitrogen and oxygen atoms in total. The second-order valence-corrected chi connectivity index (χ2v) is 4.73. The Balaban J connectivity index is 2.40. The molecule has 0 bridgehead atoms. The standard InChI is InChI=1S/C12H15N3OS/c1-4-17-12-14-13-9(2)15(12)10-5-7-11(16-3)8-6-10/h5-8H,4H2,1-3H3. The molecule has 0 fully saturated rings. The largest absolute Gasteiger partial charge is 0.497 e.